The Balaban J connectivity index is 2.50. The van der Waals surface area contributed by atoms with E-state index in [0.717, 1.165) is 18.6 Å². The van der Waals surface area contributed by atoms with Crippen LogP contribution in [0.3, 0.4) is 0 Å². The highest BCUT2D eigenvalue weighted by Crippen LogP contribution is 2.19. The van der Waals surface area contributed by atoms with Crippen LogP contribution in [0.4, 0.5) is 0 Å². The summed E-state index contributed by atoms with van der Waals surface area (Å²) in [5, 5.41) is 12.4. The third-order valence-corrected chi connectivity index (χ3v) is 3.08. The van der Waals surface area contributed by atoms with E-state index in [0.29, 0.717) is 12.1 Å². The second kappa shape index (κ2) is 8.18. The van der Waals surface area contributed by atoms with Crippen molar-refractivity contribution in [2.45, 2.75) is 58.7 Å². The molecule has 0 aromatic heterocycles. The fourth-order valence-corrected chi connectivity index (χ4v) is 2.11. The smallest absolute Gasteiger partial charge is 0.119 e. The Morgan fingerprint density at radius 3 is 2.26 bits per heavy atom. The molecule has 0 saturated carbocycles. The van der Waals surface area contributed by atoms with E-state index in [9.17, 15) is 0 Å². The van der Waals surface area contributed by atoms with Gasteiger partial charge in [0.05, 0.1) is 6.10 Å². The third kappa shape index (κ3) is 6.08. The SMILES string of the molecule is CC(CCCO)NC(C)c1ccc(OC(C)C)cc1. The van der Waals surface area contributed by atoms with Crippen molar-refractivity contribution in [3.63, 3.8) is 0 Å². The summed E-state index contributed by atoms with van der Waals surface area (Å²) in [5.74, 6) is 0.916. The molecule has 0 fully saturated rings. The quantitative estimate of drug-likeness (QED) is 0.758. The first kappa shape index (κ1) is 16.0. The van der Waals surface area contributed by atoms with E-state index in [-0.39, 0.29) is 12.7 Å². The van der Waals surface area contributed by atoms with Crippen molar-refractivity contribution in [2.24, 2.45) is 0 Å². The number of rotatable bonds is 8. The van der Waals surface area contributed by atoms with Gasteiger partial charge in [-0.1, -0.05) is 12.1 Å². The van der Waals surface area contributed by atoms with Gasteiger partial charge < -0.3 is 15.2 Å². The molecule has 0 bridgehead atoms. The molecule has 2 N–H and O–H groups in total. The molecule has 0 amide bonds. The number of hydrogen-bond donors (Lipinski definition) is 2. The zero-order valence-electron chi connectivity index (χ0n) is 12.5. The van der Waals surface area contributed by atoms with Crippen LogP contribution in [0, 0.1) is 0 Å². The zero-order valence-corrected chi connectivity index (χ0v) is 12.5. The minimum Gasteiger partial charge on any atom is -0.491 e. The maximum atomic E-state index is 8.83. The summed E-state index contributed by atoms with van der Waals surface area (Å²) in [5.41, 5.74) is 1.26. The molecule has 0 aliphatic carbocycles. The largest absolute Gasteiger partial charge is 0.491 e. The van der Waals surface area contributed by atoms with Crippen molar-refractivity contribution in [3.8, 4) is 5.75 Å². The lowest BCUT2D eigenvalue weighted by molar-refractivity contribution is 0.242. The molecule has 0 radical (unpaired) electrons. The summed E-state index contributed by atoms with van der Waals surface area (Å²) in [6.07, 6.45) is 2.05. The Morgan fingerprint density at radius 2 is 1.74 bits per heavy atom. The van der Waals surface area contributed by atoms with Crippen LogP contribution in [0.15, 0.2) is 24.3 Å². The number of nitrogens with one attached hydrogen (secondary N) is 1. The van der Waals surface area contributed by atoms with Crippen LogP contribution >= 0.6 is 0 Å². The molecule has 0 heterocycles. The molecule has 0 aliphatic heterocycles. The first-order chi connectivity index (χ1) is 9.02. The van der Waals surface area contributed by atoms with Crippen LogP contribution < -0.4 is 10.1 Å². The first-order valence-corrected chi connectivity index (χ1v) is 7.16. The summed E-state index contributed by atoms with van der Waals surface area (Å²) in [4.78, 5) is 0. The molecule has 108 valence electrons. The van der Waals surface area contributed by atoms with E-state index in [1.54, 1.807) is 0 Å². The normalized spacial score (nSPS) is 14.4. The maximum absolute atomic E-state index is 8.83. The molecule has 0 saturated heterocycles. The van der Waals surface area contributed by atoms with Gasteiger partial charge in [0.1, 0.15) is 5.75 Å². The monoisotopic (exact) mass is 265 g/mol. The van der Waals surface area contributed by atoms with Gasteiger partial charge in [-0.2, -0.15) is 0 Å². The number of hydrogen-bond acceptors (Lipinski definition) is 3. The van der Waals surface area contributed by atoms with Gasteiger partial charge in [0.15, 0.2) is 0 Å². The summed E-state index contributed by atoms with van der Waals surface area (Å²) in [6, 6.07) is 8.97. The average molecular weight is 265 g/mol. The molecule has 0 spiro atoms. The van der Waals surface area contributed by atoms with Crippen molar-refractivity contribution in [2.75, 3.05) is 6.61 Å². The predicted octanol–water partition coefficient (Wildman–Crippen LogP) is 3.29. The highest BCUT2D eigenvalue weighted by atomic mass is 16.5. The Kier molecular flexibility index (Phi) is 6.89. The van der Waals surface area contributed by atoms with E-state index in [2.05, 4.69) is 31.3 Å². The van der Waals surface area contributed by atoms with E-state index in [1.165, 1.54) is 5.56 Å². The van der Waals surface area contributed by atoms with Gasteiger partial charge in [-0.25, -0.2) is 0 Å². The van der Waals surface area contributed by atoms with Gasteiger partial charge in [0.25, 0.3) is 0 Å². The zero-order chi connectivity index (χ0) is 14.3. The van der Waals surface area contributed by atoms with Crippen LogP contribution in [0.2, 0.25) is 0 Å². The Morgan fingerprint density at radius 1 is 1.11 bits per heavy atom. The summed E-state index contributed by atoms with van der Waals surface area (Å²) >= 11 is 0. The van der Waals surface area contributed by atoms with Gasteiger partial charge in [-0.15, -0.1) is 0 Å². The van der Waals surface area contributed by atoms with Crippen molar-refractivity contribution in [1.82, 2.24) is 5.32 Å². The topological polar surface area (TPSA) is 41.5 Å². The summed E-state index contributed by atoms with van der Waals surface area (Å²) in [6.45, 7) is 8.64. The molecule has 2 atom stereocenters. The molecule has 3 nitrogen and oxygen atoms in total. The van der Waals surface area contributed by atoms with E-state index in [1.807, 2.05) is 26.0 Å². The molecule has 2 unspecified atom stereocenters. The fourth-order valence-electron chi connectivity index (χ4n) is 2.11. The average Bonchev–Trinajstić information content (AvgIpc) is 2.36. The third-order valence-electron chi connectivity index (χ3n) is 3.08. The minimum atomic E-state index is 0.208. The molecular weight excluding hydrogens is 238 g/mol. The molecule has 1 aromatic rings. The number of ether oxygens (including phenoxy) is 1. The van der Waals surface area contributed by atoms with Crippen molar-refractivity contribution < 1.29 is 9.84 Å². The summed E-state index contributed by atoms with van der Waals surface area (Å²) in [7, 11) is 0. The van der Waals surface area contributed by atoms with Gasteiger partial charge >= 0.3 is 0 Å². The first-order valence-electron chi connectivity index (χ1n) is 7.16. The number of benzene rings is 1. The maximum Gasteiger partial charge on any atom is 0.119 e. The van der Waals surface area contributed by atoms with E-state index in [4.69, 9.17) is 9.84 Å². The molecule has 0 aliphatic rings. The van der Waals surface area contributed by atoms with E-state index >= 15 is 0 Å². The Labute approximate surface area is 117 Å². The Hall–Kier alpha value is -1.06. The van der Waals surface area contributed by atoms with Crippen molar-refractivity contribution in [1.29, 1.82) is 0 Å². The van der Waals surface area contributed by atoms with Crippen LogP contribution in [-0.2, 0) is 0 Å². The highest BCUT2D eigenvalue weighted by molar-refractivity contribution is 5.29. The predicted molar refractivity (Wildman–Crippen MR) is 79.5 cm³/mol. The van der Waals surface area contributed by atoms with Gasteiger partial charge in [-0.3, -0.25) is 0 Å². The lowest BCUT2D eigenvalue weighted by atomic mass is 10.1. The van der Waals surface area contributed by atoms with Gasteiger partial charge in [-0.05, 0) is 58.2 Å². The van der Waals surface area contributed by atoms with Gasteiger partial charge in [0, 0.05) is 18.7 Å². The number of aliphatic hydroxyl groups is 1. The van der Waals surface area contributed by atoms with Crippen molar-refractivity contribution in [3.05, 3.63) is 29.8 Å². The van der Waals surface area contributed by atoms with Crippen LogP contribution in [0.25, 0.3) is 0 Å². The van der Waals surface area contributed by atoms with Gasteiger partial charge in [0.2, 0.25) is 0 Å². The van der Waals surface area contributed by atoms with E-state index < -0.39 is 0 Å². The lowest BCUT2D eigenvalue weighted by Gasteiger charge is -2.20. The van der Waals surface area contributed by atoms with Crippen LogP contribution in [-0.4, -0.2) is 23.9 Å². The molecule has 3 heteroatoms. The summed E-state index contributed by atoms with van der Waals surface area (Å²) < 4.78 is 5.63. The minimum absolute atomic E-state index is 0.208. The standard InChI is InChI=1S/C16H27NO2/c1-12(2)19-16-9-7-15(8-10-16)14(4)17-13(3)6-5-11-18/h7-10,12-14,17-18H,5-6,11H2,1-4H3. The Bertz CT molecular complexity index is 348. The van der Waals surface area contributed by atoms with Crippen molar-refractivity contribution >= 4 is 0 Å². The second-order valence-electron chi connectivity index (χ2n) is 5.39. The van der Waals surface area contributed by atoms with Crippen LogP contribution in [0.1, 0.15) is 52.1 Å². The number of aliphatic hydroxyl groups excluding tert-OH is 1. The molecule has 1 rings (SSSR count). The second-order valence-corrected chi connectivity index (χ2v) is 5.39. The molecule has 19 heavy (non-hydrogen) atoms. The lowest BCUT2D eigenvalue weighted by Crippen LogP contribution is -2.29. The molecular formula is C16H27NO2. The molecule has 1 aromatic carbocycles. The fraction of sp³-hybridized carbons (Fsp3) is 0.625. The van der Waals surface area contributed by atoms with Crippen LogP contribution in [0.5, 0.6) is 5.75 Å². The highest BCUT2D eigenvalue weighted by Gasteiger charge is 2.09.